The van der Waals surface area contributed by atoms with E-state index in [0.717, 1.165) is 16.7 Å². The monoisotopic (exact) mass is 419 g/mol. The van der Waals surface area contributed by atoms with Crippen LogP contribution in [-0.4, -0.2) is 62.4 Å². The second kappa shape index (κ2) is 10.8. The number of rotatable bonds is 9. The minimum absolute atomic E-state index is 0.0815. The fraction of sp³-hybridized carbons (Fsp3) is 0.500. The quantitative estimate of drug-likeness (QED) is 0.597. The van der Waals surface area contributed by atoms with Crippen LogP contribution in [0.2, 0.25) is 0 Å². The predicted octanol–water partition coefficient (Wildman–Crippen LogP) is 2.46. The van der Waals surface area contributed by atoms with Crippen LogP contribution in [0.4, 0.5) is 10.5 Å². The molecule has 2 amide bonds. The van der Waals surface area contributed by atoms with Gasteiger partial charge in [0.1, 0.15) is 6.04 Å². The van der Waals surface area contributed by atoms with Gasteiger partial charge >= 0.3 is 0 Å². The van der Waals surface area contributed by atoms with Gasteiger partial charge in [-0.15, -0.1) is 0 Å². The molecule has 0 saturated carbocycles. The van der Waals surface area contributed by atoms with Crippen LogP contribution in [-0.2, 0) is 14.8 Å². The number of thioether (sulfide) groups is 2. The van der Waals surface area contributed by atoms with E-state index in [1.807, 2.05) is 6.26 Å². The van der Waals surface area contributed by atoms with E-state index in [1.54, 1.807) is 50.1 Å². The van der Waals surface area contributed by atoms with Crippen molar-refractivity contribution in [2.75, 3.05) is 37.2 Å². The fourth-order valence-electron chi connectivity index (χ4n) is 1.81. The molecule has 1 rings (SSSR count). The molecule has 7 nitrogen and oxygen atoms in total. The normalized spacial score (nSPS) is 12.5. The highest BCUT2D eigenvalue weighted by atomic mass is 32.2. The van der Waals surface area contributed by atoms with Gasteiger partial charge < -0.3 is 10.2 Å². The third-order valence-corrected chi connectivity index (χ3v) is 6.42. The Balaban J connectivity index is 2.77. The molecule has 1 aromatic carbocycles. The van der Waals surface area contributed by atoms with Gasteiger partial charge in [0, 0.05) is 24.7 Å². The molecule has 26 heavy (non-hydrogen) atoms. The molecule has 1 atom stereocenters. The van der Waals surface area contributed by atoms with Gasteiger partial charge in [-0.05, 0) is 61.4 Å². The molecule has 0 aliphatic heterocycles. The Morgan fingerprint density at radius 2 is 1.81 bits per heavy atom. The maximum Gasteiger partial charge on any atom is 0.285 e. The first kappa shape index (κ1) is 22.8. The minimum Gasteiger partial charge on any atom is -0.339 e. The summed E-state index contributed by atoms with van der Waals surface area (Å²) < 4.78 is 26.0. The Morgan fingerprint density at radius 3 is 2.31 bits per heavy atom. The predicted molar refractivity (Wildman–Crippen MR) is 109 cm³/mol. The zero-order valence-corrected chi connectivity index (χ0v) is 17.8. The maximum absolute atomic E-state index is 12.5. The molecular formula is C16H25N3O4S3. The Hall–Kier alpha value is -1.23. The van der Waals surface area contributed by atoms with Crippen LogP contribution in [0.5, 0.6) is 0 Å². The number of nitrogens with zero attached hydrogens (tertiary/aromatic N) is 1. The number of hydrogen-bond donors (Lipinski definition) is 2. The van der Waals surface area contributed by atoms with Crippen molar-refractivity contribution in [3.8, 4) is 0 Å². The van der Waals surface area contributed by atoms with E-state index in [2.05, 4.69) is 10.0 Å². The van der Waals surface area contributed by atoms with Crippen LogP contribution in [0, 0.1) is 0 Å². The third kappa shape index (κ3) is 7.98. The number of anilines is 1. The first-order chi connectivity index (χ1) is 12.2. The molecule has 1 unspecified atom stereocenters. The lowest BCUT2D eigenvalue weighted by Crippen LogP contribution is -2.44. The summed E-state index contributed by atoms with van der Waals surface area (Å²) in [4.78, 5) is 26.4. The molecule has 0 radical (unpaired) electrons. The molecule has 0 bridgehead atoms. The highest BCUT2D eigenvalue weighted by Gasteiger charge is 2.23. The largest absolute Gasteiger partial charge is 0.339 e. The Bertz CT molecular complexity index is 706. The van der Waals surface area contributed by atoms with Gasteiger partial charge in [0.25, 0.3) is 5.24 Å². The average molecular weight is 420 g/mol. The van der Waals surface area contributed by atoms with Crippen molar-refractivity contribution in [3.63, 3.8) is 0 Å². The van der Waals surface area contributed by atoms with Gasteiger partial charge in [0.05, 0.1) is 5.75 Å². The van der Waals surface area contributed by atoms with E-state index < -0.39 is 22.0 Å². The number of nitrogens with one attached hydrogen (secondary N) is 2. The number of carbonyl (C=O) groups is 2. The highest BCUT2D eigenvalue weighted by Crippen LogP contribution is 2.22. The lowest BCUT2D eigenvalue weighted by molar-refractivity contribution is -0.117. The average Bonchev–Trinajstić information content (AvgIpc) is 2.60. The molecule has 1 aromatic rings. The van der Waals surface area contributed by atoms with Crippen molar-refractivity contribution in [2.24, 2.45) is 0 Å². The maximum atomic E-state index is 12.5. The van der Waals surface area contributed by atoms with Gasteiger partial charge in [-0.3, -0.25) is 9.59 Å². The molecule has 0 spiro atoms. The van der Waals surface area contributed by atoms with Crippen LogP contribution in [0.3, 0.4) is 0 Å². The lowest BCUT2D eigenvalue weighted by atomic mass is 10.2. The molecule has 0 fully saturated rings. The van der Waals surface area contributed by atoms with Crippen molar-refractivity contribution >= 4 is 50.4 Å². The lowest BCUT2D eigenvalue weighted by Gasteiger charge is -2.18. The summed E-state index contributed by atoms with van der Waals surface area (Å²) in [7, 11) is -0.127. The van der Waals surface area contributed by atoms with Crippen LogP contribution in [0.1, 0.15) is 13.3 Å². The van der Waals surface area contributed by atoms with Gasteiger partial charge in [-0.1, -0.05) is 0 Å². The van der Waals surface area contributed by atoms with Crippen molar-refractivity contribution in [2.45, 2.75) is 24.3 Å². The number of carbonyl (C=O) groups excluding carboxylic acids is 2. The standard InChI is InChI=1S/C16H25N3O4S3/c1-5-26(22,23)18-14(10-11-24-4)15(20)17-12-6-8-13(9-7-12)25-16(21)19(2)3/h6-9,14,18H,5,10-11H2,1-4H3,(H,17,20). The molecule has 0 heterocycles. The number of sulfonamides is 1. The number of benzene rings is 1. The van der Waals surface area contributed by atoms with Crippen molar-refractivity contribution < 1.29 is 18.0 Å². The van der Waals surface area contributed by atoms with E-state index >= 15 is 0 Å². The van der Waals surface area contributed by atoms with Crippen LogP contribution in [0.25, 0.3) is 0 Å². The van der Waals surface area contributed by atoms with Crippen molar-refractivity contribution in [3.05, 3.63) is 24.3 Å². The summed E-state index contributed by atoms with van der Waals surface area (Å²) in [5.41, 5.74) is 0.543. The Kier molecular flexibility index (Phi) is 9.48. The summed E-state index contributed by atoms with van der Waals surface area (Å²) in [5, 5.41) is 2.63. The van der Waals surface area contributed by atoms with E-state index in [9.17, 15) is 18.0 Å². The van der Waals surface area contributed by atoms with E-state index in [-0.39, 0.29) is 11.0 Å². The van der Waals surface area contributed by atoms with Crippen LogP contribution >= 0.6 is 23.5 Å². The fourth-order valence-corrected chi connectivity index (χ4v) is 3.76. The summed E-state index contributed by atoms with van der Waals surface area (Å²) in [6.45, 7) is 1.53. The van der Waals surface area contributed by atoms with Gasteiger partial charge in [0.2, 0.25) is 15.9 Å². The molecular weight excluding hydrogens is 394 g/mol. The minimum atomic E-state index is -3.48. The Labute approximate surface area is 163 Å². The first-order valence-electron chi connectivity index (χ1n) is 7.97. The van der Waals surface area contributed by atoms with Gasteiger partial charge in [0.15, 0.2) is 0 Å². The first-order valence-corrected chi connectivity index (χ1v) is 11.8. The van der Waals surface area contributed by atoms with Crippen LogP contribution < -0.4 is 10.0 Å². The molecule has 0 aliphatic rings. The topological polar surface area (TPSA) is 95.6 Å². The van der Waals surface area contributed by atoms with Crippen molar-refractivity contribution in [1.82, 2.24) is 9.62 Å². The Morgan fingerprint density at radius 1 is 1.19 bits per heavy atom. The zero-order chi connectivity index (χ0) is 19.7. The second-order valence-corrected chi connectivity index (χ2v) is 9.68. The van der Waals surface area contributed by atoms with Gasteiger partial charge in [-0.25, -0.2) is 13.1 Å². The SMILES string of the molecule is CCS(=O)(=O)NC(CCSC)C(=O)Nc1ccc(SC(=O)N(C)C)cc1. The second-order valence-electron chi connectivity index (χ2n) is 5.63. The third-order valence-electron chi connectivity index (χ3n) is 3.32. The molecule has 2 N–H and O–H groups in total. The van der Waals surface area contributed by atoms with Crippen LogP contribution in [0.15, 0.2) is 29.2 Å². The van der Waals surface area contributed by atoms with Crippen molar-refractivity contribution in [1.29, 1.82) is 0 Å². The number of amides is 2. The summed E-state index contributed by atoms with van der Waals surface area (Å²) in [6, 6.07) is 6.01. The molecule has 0 aliphatic carbocycles. The van der Waals surface area contributed by atoms with Gasteiger partial charge in [-0.2, -0.15) is 11.8 Å². The van der Waals surface area contributed by atoms with E-state index in [0.29, 0.717) is 17.9 Å². The smallest absolute Gasteiger partial charge is 0.285 e. The zero-order valence-electron chi connectivity index (χ0n) is 15.3. The summed E-state index contributed by atoms with van der Waals surface area (Å²) in [5.74, 6) is 0.176. The summed E-state index contributed by atoms with van der Waals surface area (Å²) in [6.07, 6.45) is 2.30. The van der Waals surface area contributed by atoms with E-state index in [4.69, 9.17) is 0 Å². The molecule has 0 saturated heterocycles. The highest BCUT2D eigenvalue weighted by molar-refractivity contribution is 8.13. The molecule has 10 heteroatoms. The summed E-state index contributed by atoms with van der Waals surface area (Å²) >= 11 is 2.63. The van der Waals surface area contributed by atoms with E-state index in [1.165, 1.54) is 11.8 Å². The number of hydrogen-bond acceptors (Lipinski definition) is 6. The molecule has 0 aromatic heterocycles. The molecule has 146 valence electrons.